The Hall–Kier alpha value is -1.72. The van der Waals surface area contributed by atoms with Crippen molar-refractivity contribution >= 4 is 33.4 Å². The van der Waals surface area contributed by atoms with Gasteiger partial charge in [0.25, 0.3) is 0 Å². The lowest BCUT2D eigenvalue weighted by Crippen LogP contribution is -2.26. The first-order chi connectivity index (χ1) is 12.0. The van der Waals surface area contributed by atoms with Crippen LogP contribution in [0.15, 0.2) is 40.9 Å². The van der Waals surface area contributed by atoms with Crippen LogP contribution in [0.1, 0.15) is 17.5 Å². The molecular weight excluding hydrogens is 406 g/mol. The van der Waals surface area contributed by atoms with Gasteiger partial charge in [-0.15, -0.1) is 0 Å². The Morgan fingerprint density at radius 1 is 1.08 bits per heavy atom. The molecule has 0 aromatic heterocycles. The molecule has 4 nitrogen and oxygen atoms in total. The van der Waals surface area contributed by atoms with E-state index in [2.05, 4.69) is 21.2 Å². The molecule has 0 unspecified atom stereocenters. The highest BCUT2D eigenvalue weighted by molar-refractivity contribution is 9.10. The molecule has 1 amide bonds. The van der Waals surface area contributed by atoms with Gasteiger partial charge in [-0.25, -0.2) is 0 Å². The number of benzene rings is 2. The van der Waals surface area contributed by atoms with E-state index in [0.717, 1.165) is 15.6 Å². The number of amides is 1. The topological polar surface area (TPSA) is 47.6 Å². The summed E-state index contributed by atoms with van der Waals surface area (Å²) < 4.78 is 11.5. The van der Waals surface area contributed by atoms with E-state index in [1.807, 2.05) is 36.4 Å². The van der Waals surface area contributed by atoms with E-state index in [1.54, 1.807) is 14.2 Å². The maximum Gasteiger partial charge on any atom is 0.220 e. The molecule has 0 atom stereocenters. The van der Waals surface area contributed by atoms with E-state index in [0.29, 0.717) is 42.3 Å². The molecule has 0 aliphatic rings. The Balaban J connectivity index is 1.81. The molecule has 25 heavy (non-hydrogen) atoms. The van der Waals surface area contributed by atoms with Crippen molar-refractivity contribution in [3.63, 3.8) is 0 Å². The molecule has 0 aliphatic heterocycles. The zero-order chi connectivity index (χ0) is 18.2. The van der Waals surface area contributed by atoms with Crippen molar-refractivity contribution in [2.75, 3.05) is 20.8 Å². The third-order valence-electron chi connectivity index (χ3n) is 3.82. The summed E-state index contributed by atoms with van der Waals surface area (Å²) >= 11 is 9.38. The van der Waals surface area contributed by atoms with Crippen molar-refractivity contribution in [3.05, 3.63) is 57.0 Å². The minimum Gasteiger partial charge on any atom is -0.493 e. The number of aryl methyl sites for hydroxylation is 1. The second-order valence-electron chi connectivity index (χ2n) is 5.53. The lowest BCUT2D eigenvalue weighted by Gasteiger charge is -2.12. The average Bonchev–Trinajstić information content (AvgIpc) is 2.62. The van der Waals surface area contributed by atoms with E-state index in [-0.39, 0.29) is 5.91 Å². The molecule has 0 saturated heterocycles. The number of rotatable bonds is 8. The van der Waals surface area contributed by atoms with E-state index >= 15 is 0 Å². The molecule has 6 heteroatoms. The summed E-state index contributed by atoms with van der Waals surface area (Å²) in [6.45, 7) is 0.563. The number of carbonyl (C=O) groups is 1. The van der Waals surface area contributed by atoms with Crippen molar-refractivity contribution in [1.29, 1.82) is 0 Å². The number of carbonyl (C=O) groups excluding carboxylic acids is 1. The number of methoxy groups -OCH3 is 2. The van der Waals surface area contributed by atoms with Gasteiger partial charge >= 0.3 is 0 Å². The zero-order valence-electron chi connectivity index (χ0n) is 14.3. The predicted molar refractivity (Wildman–Crippen MR) is 104 cm³/mol. The molecule has 2 aromatic rings. The second kappa shape index (κ2) is 9.68. The molecular formula is C19H21BrClNO3. The molecule has 2 rings (SSSR count). The van der Waals surface area contributed by atoms with Gasteiger partial charge in [0.2, 0.25) is 5.91 Å². The smallest absolute Gasteiger partial charge is 0.220 e. The molecule has 0 fully saturated rings. The van der Waals surface area contributed by atoms with Crippen molar-refractivity contribution in [2.24, 2.45) is 0 Å². The first-order valence-corrected chi connectivity index (χ1v) is 9.12. The van der Waals surface area contributed by atoms with Gasteiger partial charge in [0.05, 0.1) is 14.2 Å². The van der Waals surface area contributed by atoms with Crippen LogP contribution in [0.4, 0.5) is 0 Å². The van der Waals surface area contributed by atoms with Crippen LogP contribution in [0.3, 0.4) is 0 Å². The van der Waals surface area contributed by atoms with Crippen molar-refractivity contribution in [3.8, 4) is 11.5 Å². The molecule has 0 heterocycles. The highest BCUT2D eigenvalue weighted by Crippen LogP contribution is 2.33. The number of hydrogen-bond acceptors (Lipinski definition) is 3. The lowest BCUT2D eigenvalue weighted by atomic mass is 10.1. The first kappa shape index (κ1) is 19.6. The number of halogens is 2. The van der Waals surface area contributed by atoms with E-state index in [1.165, 1.54) is 0 Å². The lowest BCUT2D eigenvalue weighted by molar-refractivity contribution is -0.121. The van der Waals surface area contributed by atoms with Gasteiger partial charge in [-0.3, -0.25) is 4.79 Å². The Kier molecular flexibility index (Phi) is 7.59. The van der Waals surface area contributed by atoms with Crippen LogP contribution < -0.4 is 14.8 Å². The standard InChI is InChI=1S/C19H21BrClNO3/c1-24-17-11-14(16(20)12-18(17)25-2)9-10-22-19(23)8-5-13-3-6-15(21)7-4-13/h3-4,6-7,11-12H,5,8-10H2,1-2H3,(H,22,23). The Bertz CT molecular complexity index is 719. The van der Waals surface area contributed by atoms with Crippen LogP contribution in [0.25, 0.3) is 0 Å². The van der Waals surface area contributed by atoms with Gasteiger partial charge in [-0.05, 0) is 48.2 Å². The molecule has 134 valence electrons. The van der Waals surface area contributed by atoms with Crippen molar-refractivity contribution in [2.45, 2.75) is 19.3 Å². The van der Waals surface area contributed by atoms with Crippen LogP contribution in [-0.2, 0) is 17.6 Å². The minimum absolute atomic E-state index is 0.0338. The zero-order valence-corrected chi connectivity index (χ0v) is 16.6. The van der Waals surface area contributed by atoms with E-state index in [9.17, 15) is 4.79 Å². The second-order valence-corrected chi connectivity index (χ2v) is 6.82. The van der Waals surface area contributed by atoms with Gasteiger partial charge in [0.1, 0.15) is 0 Å². The van der Waals surface area contributed by atoms with Crippen LogP contribution in [0.2, 0.25) is 5.02 Å². The molecule has 0 spiro atoms. The number of nitrogens with one attached hydrogen (secondary N) is 1. The maximum absolute atomic E-state index is 12.0. The average molecular weight is 427 g/mol. The largest absolute Gasteiger partial charge is 0.493 e. The summed E-state index contributed by atoms with van der Waals surface area (Å²) in [7, 11) is 3.21. The van der Waals surface area contributed by atoms with Gasteiger partial charge in [0, 0.05) is 22.5 Å². The third kappa shape index (κ3) is 5.94. The fraction of sp³-hybridized carbons (Fsp3) is 0.316. The van der Waals surface area contributed by atoms with Crippen LogP contribution >= 0.6 is 27.5 Å². The normalized spacial score (nSPS) is 10.4. The number of hydrogen-bond donors (Lipinski definition) is 1. The van der Waals surface area contributed by atoms with Crippen molar-refractivity contribution < 1.29 is 14.3 Å². The van der Waals surface area contributed by atoms with Gasteiger partial charge in [-0.2, -0.15) is 0 Å². The SMILES string of the molecule is COc1cc(Br)c(CCNC(=O)CCc2ccc(Cl)cc2)cc1OC. The molecule has 1 N–H and O–H groups in total. The first-order valence-electron chi connectivity index (χ1n) is 7.95. The van der Waals surface area contributed by atoms with E-state index in [4.69, 9.17) is 21.1 Å². The quantitative estimate of drug-likeness (QED) is 0.680. The number of ether oxygens (including phenoxy) is 2. The molecule has 2 aromatic carbocycles. The predicted octanol–water partition coefficient (Wildman–Crippen LogP) is 4.41. The van der Waals surface area contributed by atoms with E-state index < -0.39 is 0 Å². The summed E-state index contributed by atoms with van der Waals surface area (Å²) in [5.74, 6) is 1.38. The van der Waals surface area contributed by atoms with Crippen LogP contribution in [0.5, 0.6) is 11.5 Å². The summed E-state index contributed by atoms with van der Waals surface area (Å²) in [4.78, 5) is 12.0. The molecule has 0 aliphatic carbocycles. The molecule has 0 saturated carbocycles. The summed E-state index contributed by atoms with van der Waals surface area (Å²) in [6, 6.07) is 11.3. The Labute approximate surface area is 161 Å². The molecule has 0 radical (unpaired) electrons. The summed E-state index contributed by atoms with van der Waals surface area (Å²) in [5.41, 5.74) is 2.15. The monoisotopic (exact) mass is 425 g/mol. The Morgan fingerprint density at radius 3 is 2.36 bits per heavy atom. The highest BCUT2D eigenvalue weighted by atomic mass is 79.9. The van der Waals surface area contributed by atoms with Crippen LogP contribution in [-0.4, -0.2) is 26.7 Å². The van der Waals surface area contributed by atoms with Gasteiger partial charge in [0.15, 0.2) is 11.5 Å². The fourth-order valence-corrected chi connectivity index (χ4v) is 3.07. The van der Waals surface area contributed by atoms with Gasteiger partial charge in [-0.1, -0.05) is 39.7 Å². The summed E-state index contributed by atoms with van der Waals surface area (Å²) in [5, 5.41) is 3.65. The van der Waals surface area contributed by atoms with Crippen LogP contribution in [0, 0.1) is 0 Å². The van der Waals surface area contributed by atoms with Gasteiger partial charge < -0.3 is 14.8 Å². The molecule has 0 bridgehead atoms. The van der Waals surface area contributed by atoms with Crippen molar-refractivity contribution in [1.82, 2.24) is 5.32 Å². The minimum atomic E-state index is 0.0338. The highest BCUT2D eigenvalue weighted by Gasteiger charge is 2.10. The maximum atomic E-state index is 12.0. The summed E-state index contributed by atoms with van der Waals surface area (Å²) in [6.07, 6.45) is 1.85. The third-order valence-corrected chi connectivity index (χ3v) is 4.81. The fourth-order valence-electron chi connectivity index (χ4n) is 2.42. The Morgan fingerprint density at radius 2 is 1.72 bits per heavy atom.